The summed E-state index contributed by atoms with van der Waals surface area (Å²) in [6.45, 7) is 14.4. The van der Waals surface area contributed by atoms with Gasteiger partial charge in [0.1, 0.15) is 5.75 Å². The average molecular weight is 617 g/mol. The summed E-state index contributed by atoms with van der Waals surface area (Å²) >= 11 is 0. The zero-order chi connectivity index (χ0) is 30.7. The Balaban J connectivity index is 0.000000275. The van der Waals surface area contributed by atoms with E-state index in [2.05, 4.69) is 48.5 Å². The minimum Gasteiger partial charge on any atom is -0.540 e. The number of aromatic nitrogens is 3. The molecule has 0 bridgehead atoms. The molecular formula is C35H53KN4O3-2. The summed E-state index contributed by atoms with van der Waals surface area (Å²) in [6.07, 6.45) is 17.2. The number of carbonyl (C=O) groups is 1. The Bertz CT molecular complexity index is 1110. The Morgan fingerprint density at radius 1 is 1.16 bits per heavy atom. The van der Waals surface area contributed by atoms with E-state index in [4.69, 9.17) is 4.74 Å². The Morgan fingerprint density at radius 2 is 1.84 bits per heavy atom. The van der Waals surface area contributed by atoms with Crippen molar-refractivity contribution in [1.82, 2.24) is 20.3 Å². The van der Waals surface area contributed by atoms with E-state index in [0.717, 1.165) is 36.6 Å². The second-order valence-electron chi connectivity index (χ2n) is 13.5. The van der Waals surface area contributed by atoms with Gasteiger partial charge in [0.05, 0.1) is 18.7 Å². The largest absolute Gasteiger partial charge is 1.00 e. The minimum absolute atomic E-state index is 0. The first-order valence-electron chi connectivity index (χ1n) is 15.9. The van der Waals surface area contributed by atoms with Gasteiger partial charge in [0.15, 0.2) is 0 Å². The first kappa shape index (κ1) is 38.0. The van der Waals surface area contributed by atoms with Crippen molar-refractivity contribution in [3.05, 3.63) is 55.1 Å². The number of hydrogen-bond acceptors (Lipinski definition) is 5. The van der Waals surface area contributed by atoms with Gasteiger partial charge in [-0.25, -0.2) is 12.7 Å². The van der Waals surface area contributed by atoms with Crippen LogP contribution in [0.4, 0.5) is 0 Å². The van der Waals surface area contributed by atoms with Gasteiger partial charge in [-0.3, -0.25) is 4.68 Å². The molecule has 3 aliphatic rings. The van der Waals surface area contributed by atoms with Crippen molar-refractivity contribution in [2.24, 2.45) is 17.3 Å². The Kier molecular flexibility index (Phi) is 16.5. The molecule has 4 atom stereocenters. The number of ether oxygens (including phenoxy) is 1. The van der Waals surface area contributed by atoms with Crippen LogP contribution in [-0.2, 0) is 9.59 Å². The minimum atomic E-state index is -0.350. The zero-order valence-corrected chi connectivity index (χ0v) is 30.9. The van der Waals surface area contributed by atoms with E-state index in [1.165, 1.54) is 50.5 Å². The number of carbonyl (C=O) groups excluding carboxylic acids is 2. The van der Waals surface area contributed by atoms with E-state index in [1.807, 2.05) is 45.4 Å². The first-order chi connectivity index (χ1) is 20.1. The topological polar surface area (TPSA) is 86.1 Å². The molecule has 1 N–H and O–H groups in total. The molecule has 0 saturated heterocycles. The molecular weight excluding hydrogens is 564 g/mol. The van der Waals surface area contributed by atoms with E-state index in [0.29, 0.717) is 17.8 Å². The molecule has 1 amide bonds. The number of amides is 1. The van der Waals surface area contributed by atoms with E-state index >= 15 is 0 Å². The van der Waals surface area contributed by atoms with Crippen molar-refractivity contribution in [2.45, 2.75) is 123 Å². The summed E-state index contributed by atoms with van der Waals surface area (Å²) in [5.41, 5.74) is 2.11. The van der Waals surface area contributed by atoms with Crippen LogP contribution < -0.4 is 61.4 Å². The first-order valence-corrected chi connectivity index (χ1v) is 15.9. The molecule has 3 saturated carbocycles. The number of benzene rings is 1. The Morgan fingerprint density at radius 3 is 2.40 bits per heavy atom. The SMILES string of the molecule is CC(C)(C)C([C-]=O)n1cc(C2CC2)nn1.CC1CC1.[CH2-]CC[CH-]C(=O)NC1CCCCC(C)[C@@H]1c1cccc(OC)c1.[K+]. The van der Waals surface area contributed by atoms with Crippen LogP contribution in [0.1, 0.15) is 128 Å². The van der Waals surface area contributed by atoms with Crippen LogP contribution in [0.2, 0.25) is 0 Å². The maximum atomic E-state index is 12.2. The van der Waals surface area contributed by atoms with Crippen molar-refractivity contribution in [3.63, 3.8) is 0 Å². The smallest absolute Gasteiger partial charge is 0.540 e. The van der Waals surface area contributed by atoms with Crippen LogP contribution in [0, 0.1) is 30.6 Å². The monoisotopic (exact) mass is 616 g/mol. The van der Waals surface area contributed by atoms with Gasteiger partial charge in [-0.05, 0) is 60.3 Å². The summed E-state index contributed by atoms with van der Waals surface area (Å²) < 4.78 is 7.02. The molecule has 2 aromatic rings. The molecule has 3 fully saturated rings. The molecule has 3 unspecified atom stereocenters. The molecule has 3 aliphatic carbocycles. The fourth-order valence-corrected chi connectivity index (χ4v) is 5.41. The number of nitrogens with zero attached hydrogens (tertiary/aromatic N) is 3. The third kappa shape index (κ3) is 13.0. The van der Waals surface area contributed by atoms with Crippen LogP contribution >= 0.6 is 0 Å². The Labute approximate surface area is 303 Å². The molecule has 0 spiro atoms. The molecule has 8 heteroatoms. The number of methoxy groups -OCH3 is 1. The van der Waals surface area contributed by atoms with Gasteiger partial charge < -0.3 is 33.0 Å². The molecule has 234 valence electrons. The van der Waals surface area contributed by atoms with Crippen LogP contribution in [0.3, 0.4) is 0 Å². The fraction of sp³-hybridized carbons (Fsp3) is 0.657. The second kappa shape index (κ2) is 18.7. The molecule has 1 aromatic heterocycles. The summed E-state index contributed by atoms with van der Waals surface area (Å²) in [7, 11) is 1.70. The maximum Gasteiger partial charge on any atom is 1.00 e. The molecule has 0 aliphatic heterocycles. The predicted octanol–water partition coefficient (Wildman–Crippen LogP) is 4.56. The zero-order valence-electron chi connectivity index (χ0n) is 27.8. The summed E-state index contributed by atoms with van der Waals surface area (Å²) in [6, 6.07) is 8.13. The predicted molar refractivity (Wildman–Crippen MR) is 169 cm³/mol. The van der Waals surface area contributed by atoms with Gasteiger partial charge in [-0.2, -0.15) is 6.42 Å². The van der Waals surface area contributed by atoms with Crippen LogP contribution in [0.5, 0.6) is 5.75 Å². The molecule has 43 heavy (non-hydrogen) atoms. The van der Waals surface area contributed by atoms with Gasteiger partial charge in [-0.1, -0.05) is 84.1 Å². The van der Waals surface area contributed by atoms with Gasteiger partial charge in [-0.15, -0.1) is 5.10 Å². The average Bonchev–Trinajstić information content (AvgIpc) is 3.90. The normalized spacial score (nSPS) is 22.2. The number of unbranched alkanes of at least 4 members (excludes halogenated alkanes) is 1. The number of nitrogens with one attached hydrogen (secondary N) is 1. The van der Waals surface area contributed by atoms with Crippen molar-refractivity contribution >= 4 is 12.2 Å². The molecule has 5 rings (SSSR count). The van der Waals surface area contributed by atoms with Gasteiger partial charge in [0, 0.05) is 24.1 Å². The summed E-state index contributed by atoms with van der Waals surface area (Å²) in [5.74, 6) is 3.46. The number of hydrogen-bond donors (Lipinski definition) is 1. The van der Waals surface area contributed by atoms with E-state index in [1.54, 1.807) is 18.2 Å². The van der Waals surface area contributed by atoms with Gasteiger partial charge in [0.25, 0.3) is 0 Å². The van der Waals surface area contributed by atoms with Crippen LogP contribution in [0.25, 0.3) is 0 Å². The third-order valence-corrected chi connectivity index (χ3v) is 8.40. The standard InChI is InChI=1S/C20H29NO2.C11H16N3O.C4H8.K/c1-4-5-13-19(22)21-18-12-7-6-9-15(2)20(18)16-10-8-11-17(14-16)23-3;1-11(2,3)10(7-15)14-6-9(12-13-14)8-4-5-8;1-4-2-3-4;/h8,10-11,13-15,18,20H,1,4-7,9,12H2,2-3H3,(H,21,22);6,8,10H,4-5H2,1-3H3;4H,2-3H2,1H3;/q-2;-1;;+1/t15?,18?,20-;;;/m1.../s1. The molecule has 1 aromatic carbocycles. The van der Waals surface area contributed by atoms with Gasteiger partial charge >= 0.3 is 51.4 Å². The van der Waals surface area contributed by atoms with E-state index < -0.39 is 0 Å². The molecule has 7 nitrogen and oxygen atoms in total. The van der Waals surface area contributed by atoms with Crippen LogP contribution in [-0.4, -0.2) is 40.3 Å². The molecule has 0 radical (unpaired) electrons. The maximum absolute atomic E-state index is 12.2. The number of rotatable bonds is 9. The van der Waals surface area contributed by atoms with Crippen molar-refractivity contribution < 1.29 is 65.7 Å². The van der Waals surface area contributed by atoms with Gasteiger partial charge in [0.2, 0.25) is 0 Å². The van der Waals surface area contributed by atoms with E-state index in [-0.39, 0.29) is 74.8 Å². The second-order valence-corrected chi connectivity index (χ2v) is 13.5. The summed E-state index contributed by atoms with van der Waals surface area (Å²) in [4.78, 5) is 23.1. The van der Waals surface area contributed by atoms with Crippen LogP contribution in [0.15, 0.2) is 30.5 Å². The fourth-order valence-electron chi connectivity index (χ4n) is 5.41. The van der Waals surface area contributed by atoms with Crippen molar-refractivity contribution in [3.8, 4) is 5.75 Å². The van der Waals surface area contributed by atoms with Crippen molar-refractivity contribution in [2.75, 3.05) is 7.11 Å². The summed E-state index contributed by atoms with van der Waals surface area (Å²) in [5, 5.41) is 11.4. The quantitative estimate of drug-likeness (QED) is 0.254. The third-order valence-electron chi connectivity index (χ3n) is 8.40. The van der Waals surface area contributed by atoms with E-state index in [9.17, 15) is 9.59 Å². The Hall–Kier alpha value is -1.19. The molecule has 1 heterocycles. The van der Waals surface area contributed by atoms with Crippen molar-refractivity contribution in [1.29, 1.82) is 0 Å².